The summed E-state index contributed by atoms with van der Waals surface area (Å²) in [5.41, 5.74) is 4.91. The number of urea groups is 1. The SMILES string of the molecule is N#CN(C(=O)NCC1=CCCC=C1)C1CCN(C(=O)O[C@H](Cc2cc(Cl)c(N)c(C(F)(F)F)c2)C(=O)N2CCC(N3CCCCC3)CC2)CC1. The summed E-state index contributed by atoms with van der Waals surface area (Å²) in [5, 5.41) is 12.2. The Morgan fingerprint density at radius 2 is 1.70 bits per heavy atom. The molecular weight excluding hydrogens is 675 g/mol. The van der Waals surface area contributed by atoms with Gasteiger partial charge in [-0.05, 0) is 87.7 Å². The van der Waals surface area contributed by atoms with Crippen LogP contribution in [0.4, 0.5) is 28.4 Å². The molecule has 0 unspecified atom stereocenters. The van der Waals surface area contributed by atoms with E-state index in [0.717, 1.165) is 68.2 Å². The average Bonchev–Trinajstić information content (AvgIpc) is 3.12. The Morgan fingerprint density at radius 3 is 2.32 bits per heavy atom. The molecule has 0 bridgehead atoms. The van der Waals surface area contributed by atoms with Crippen molar-refractivity contribution in [1.29, 1.82) is 5.26 Å². The zero-order chi connectivity index (χ0) is 35.8. The first kappa shape index (κ1) is 37.3. The van der Waals surface area contributed by atoms with Crippen LogP contribution in [0.3, 0.4) is 0 Å². The van der Waals surface area contributed by atoms with Crippen molar-refractivity contribution in [3.05, 3.63) is 52.1 Å². The number of hydrogen-bond donors (Lipinski definition) is 2. The minimum absolute atomic E-state index is 0.0553. The van der Waals surface area contributed by atoms with Crippen molar-refractivity contribution in [2.75, 3.05) is 51.5 Å². The number of benzene rings is 1. The summed E-state index contributed by atoms with van der Waals surface area (Å²) in [7, 11) is 0. The number of anilines is 1. The predicted octanol–water partition coefficient (Wildman–Crippen LogP) is 5.70. The number of nitrogens with two attached hydrogens (primary N) is 1. The fraction of sp³-hybridized carbons (Fsp3) is 0.600. The van der Waals surface area contributed by atoms with Crippen molar-refractivity contribution in [3.8, 4) is 6.19 Å². The normalized spacial score (nSPS) is 20.1. The lowest BCUT2D eigenvalue weighted by molar-refractivity contribution is -0.142. The van der Waals surface area contributed by atoms with Gasteiger partial charge in [0, 0.05) is 45.2 Å². The second-order valence-corrected chi connectivity index (χ2v) is 13.8. The number of alkyl halides is 3. The van der Waals surface area contributed by atoms with Gasteiger partial charge in [0.25, 0.3) is 5.91 Å². The molecule has 50 heavy (non-hydrogen) atoms. The van der Waals surface area contributed by atoms with E-state index in [1.165, 1.54) is 17.4 Å². The van der Waals surface area contributed by atoms with Crippen molar-refractivity contribution >= 4 is 35.3 Å². The van der Waals surface area contributed by atoms with E-state index in [9.17, 15) is 32.8 Å². The highest BCUT2D eigenvalue weighted by atomic mass is 35.5. The van der Waals surface area contributed by atoms with Crippen molar-refractivity contribution in [3.63, 3.8) is 0 Å². The number of carbonyl (C=O) groups is 3. The maximum Gasteiger partial charge on any atom is 0.418 e. The second kappa shape index (κ2) is 16.8. The summed E-state index contributed by atoms with van der Waals surface area (Å²) in [6.07, 6.45) is 8.10. The van der Waals surface area contributed by atoms with Crippen LogP contribution in [0.25, 0.3) is 0 Å². The molecule has 3 saturated heterocycles. The smallest absolute Gasteiger partial charge is 0.418 e. The summed E-state index contributed by atoms with van der Waals surface area (Å²) in [4.78, 5) is 46.8. The van der Waals surface area contributed by atoms with Gasteiger partial charge in [-0.25, -0.2) is 14.5 Å². The number of likely N-dealkylation sites (tertiary alicyclic amines) is 3. The monoisotopic (exact) mass is 719 g/mol. The summed E-state index contributed by atoms with van der Waals surface area (Å²) in [5.74, 6) is -0.484. The first-order valence-corrected chi connectivity index (χ1v) is 17.8. The highest BCUT2D eigenvalue weighted by molar-refractivity contribution is 6.33. The third kappa shape index (κ3) is 9.42. The van der Waals surface area contributed by atoms with Crippen molar-refractivity contribution in [2.24, 2.45) is 0 Å². The number of halogens is 4. The fourth-order valence-electron chi connectivity index (χ4n) is 7.22. The number of nitrogens with zero attached hydrogens (tertiary/aromatic N) is 5. The van der Waals surface area contributed by atoms with E-state index in [0.29, 0.717) is 38.5 Å². The Bertz CT molecular complexity index is 1490. The minimum Gasteiger partial charge on any atom is -0.436 e. The van der Waals surface area contributed by atoms with Crippen LogP contribution in [0.1, 0.15) is 68.9 Å². The molecule has 4 amide bonds. The van der Waals surface area contributed by atoms with Gasteiger partial charge in [-0.2, -0.15) is 18.4 Å². The van der Waals surface area contributed by atoms with Gasteiger partial charge in [0.05, 0.1) is 22.3 Å². The molecule has 3 fully saturated rings. The minimum atomic E-state index is -4.78. The van der Waals surface area contributed by atoms with E-state index >= 15 is 0 Å². The van der Waals surface area contributed by atoms with E-state index < -0.39 is 47.6 Å². The Labute approximate surface area is 295 Å². The van der Waals surface area contributed by atoms with Crippen LogP contribution in [0.2, 0.25) is 5.02 Å². The number of rotatable bonds is 8. The Hall–Kier alpha value is -3.96. The number of allylic oxidation sites excluding steroid dienone is 2. The van der Waals surface area contributed by atoms with Gasteiger partial charge >= 0.3 is 18.3 Å². The molecule has 15 heteroatoms. The van der Waals surface area contributed by atoms with E-state index in [-0.39, 0.29) is 30.1 Å². The number of nitriles is 1. The Kier molecular flexibility index (Phi) is 12.6. The zero-order valence-electron chi connectivity index (χ0n) is 28.1. The van der Waals surface area contributed by atoms with Crippen LogP contribution in [-0.2, 0) is 22.1 Å². The molecule has 1 aromatic rings. The van der Waals surface area contributed by atoms with Crippen molar-refractivity contribution < 1.29 is 32.3 Å². The molecular formula is C35H45ClF3N7O4. The summed E-state index contributed by atoms with van der Waals surface area (Å²) >= 11 is 6.08. The largest absolute Gasteiger partial charge is 0.436 e. The molecule has 4 aliphatic rings. The molecule has 1 aromatic carbocycles. The standard InChI is InChI=1S/C35H45ClF3N7O4/c36-29-20-25(19-28(31(29)41)35(37,38)39)21-30(32(47)44-15-9-26(10-16-44)43-13-5-2-6-14-43)50-34(49)45-17-11-27(12-18-45)46(23-40)33(48)42-22-24-7-3-1-4-8-24/h3,7-8,19-20,26-27,30H,1-2,4-6,9-18,21-22,41H2,(H,42,48)/t30-/m1/s1. The molecule has 3 N–H and O–H groups in total. The third-order valence-electron chi connectivity index (χ3n) is 10.0. The Morgan fingerprint density at radius 1 is 1.02 bits per heavy atom. The second-order valence-electron chi connectivity index (χ2n) is 13.4. The molecule has 3 aliphatic heterocycles. The number of carbonyl (C=O) groups excluding carboxylic acids is 3. The molecule has 0 saturated carbocycles. The number of hydrogen-bond acceptors (Lipinski definition) is 7. The van der Waals surface area contributed by atoms with Crippen LogP contribution in [0.15, 0.2) is 35.9 Å². The van der Waals surface area contributed by atoms with E-state index in [4.69, 9.17) is 22.1 Å². The van der Waals surface area contributed by atoms with Gasteiger partial charge in [0.2, 0.25) is 0 Å². The summed E-state index contributed by atoms with van der Waals surface area (Å²) in [6, 6.07) is 1.48. The summed E-state index contributed by atoms with van der Waals surface area (Å²) in [6.45, 7) is 3.54. The molecule has 0 radical (unpaired) electrons. The highest BCUT2D eigenvalue weighted by Crippen LogP contribution is 2.38. The molecule has 1 atom stereocenters. The van der Waals surface area contributed by atoms with Gasteiger partial charge < -0.3 is 30.5 Å². The zero-order valence-corrected chi connectivity index (χ0v) is 28.9. The van der Waals surface area contributed by atoms with Crippen LogP contribution in [0.5, 0.6) is 0 Å². The summed E-state index contributed by atoms with van der Waals surface area (Å²) < 4.78 is 47.1. The molecule has 5 rings (SSSR count). The number of ether oxygens (including phenoxy) is 1. The number of piperidine rings is 3. The van der Waals surface area contributed by atoms with Crippen LogP contribution in [0, 0.1) is 11.5 Å². The van der Waals surface area contributed by atoms with Crippen LogP contribution < -0.4 is 11.1 Å². The molecule has 1 aliphatic carbocycles. The van der Waals surface area contributed by atoms with Gasteiger partial charge in [-0.15, -0.1) is 0 Å². The van der Waals surface area contributed by atoms with Crippen LogP contribution >= 0.6 is 11.6 Å². The highest BCUT2D eigenvalue weighted by Gasteiger charge is 2.38. The molecule has 11 nitrogen and oxygen atoms in total. The first-order chi connectivity index (χ1) is 23.9. The van der Waals surface area contributed by atoms with Gasteiger partial charge in [-0.1, -0.05) is 36.2 Å². The third-order valence-corrected chi connectivity index (χ3v) is 10.4. The molecule has 0 aromatic heterocycles. The topological polar surface area (TPSA) is 135 Å². The van der Waals surface area contributed by atoms with Crippen molar-refractivity contribution in [1.82, 2.24) is 24.9 Å². The van der Waals surface area contributed by atoms with Gasteiger partial charge in [-0.3, -0.25) is 4.79 Å². The van der Waals surface area contributed by atoms with E-state index in [1.54, 1.807) is 4.90 Å². The van der Waals surface area contributed by atoms with Gasteiger partial charge in [0.1, 0.15) is 0 Å². The maximum absolute atomic E-state index is 13.9. The quantitative estimate of drug-likeness (QED) is 0.200. The molecule has 3 heterocycles. The van der Waals surface area contributed by atoms with Crippen molar-refractivity contribution in [2.45, 2.75) is 88.6 Å². The van der Waals surface area contributed by atoms with E-state index in [2.05, 4.69) is 10.2 Å². The van der Waals surface area contributed by atoms with Gasteiger partial charge in [0.15, 0.2) is 12.3 Å². The lowest BCUT2D eigenvalue weighted by Crippen LogP contribution is -2.53. The average molecular weight is 720 g/mol. The lowest BCUT2D eigenvalue weighted by atomic mass is 9.98. The fourth-order valence-corrected chi connectivity index (χ4v) is 7.46. The maximum atomic E-state index is 13.9. The van der Waals surface area contributed by atoms with E-state index in [1.807, 2.05) is 24.4 Å². The number of amides is 4. The number of nitrogens with one attached hydrogen (secondary N) is 1. The molecule has 0 spiro atoms. The Balaban J connectivity index is 1.23. The molecule has 272 valence electrons. The predicted molar refractivity (Wildman–Crippen MR) is 182 cm³/mol. The first-order valence-electron chi connectivity index (χ1n) is 17.4. The van der Waals surface area contributed by atoms with Crippen LogP contribution in [-0.4, -0.2) is 102 Å². The number of nitrogen functional groups attached to an aromatic ring is 1. The lowest BCUT2D eigenvalue weighted by Gasteiger charge is -2.41.